The summed E-state index contributed by atoms with van der Waals surface area (Å²) in [5.41, 5.74) is 8.04. The highest BCUT2D eigenvalue weighted by Crippen LogP contribution is 2.46. The number of halogens is 1. The van der Waals surface area contributed by atoms with E-state index in [1.807, 2.05) is 0 Å². The molecule has 2 aromatic rings. The van der Waals surface area contributed by atoms with Gasteiger partial charge in [0.05, 0.1) is 25.9 Å². The molecule has 16 heteroatoms. The number of aromatic amines is 1. The molecule has 2 heterocycles. The van der Waals surface area contributed by atoms with Crippen molar-refractivity contribution in [3.8, 4) is 5.75 Å². The number of aryl methyl sites for hydroxylation is 1. The maximum Gasteiger partial charge on any atom is 0.459 e. The fraction of sp³-hybridized carbons (Fsp3) is 0.450. The van der Waals surface area contributed by atoms with Gasteiger partial charge in [0.15, 0.2) is 0 Å². The summed E-state index contributed by atoms with van der Waals surface area (Å²) in [5, 5.41) is 6.22. The van der Waals surface area contributed by atoms with Crippen molar-refractivity contribution in [3.63, 3.8) is 0 Å². The standard InChI is InChI=1S/C20H24BrN6O8P/c1-11-9-27(20(30)23-18(11)28)17-8-15(24-26-22)16(34-17)10-33-36(31,25-12(2)19(29)32-3)35-14-6-4-13(21)5-7-14/h4-7,9,12,15-17H,8,10H2,1-3H3,(H,25,31)(H,23,28,30)/t12?,15?,16-,17-,36?/m1/s1. The van der Waals surface area contributed by atoms with Crippen molar-refractivity contribution in [2.45, 2.75) is 44.7 Å². The molecule has 0 bridgehead atoms. The third-order valence-electron chi connectivity index (χ3n) is 5.21. The highest BCUT2D eigenvalue weighted by Gasteiger charge is 2.40. The molecule has 1 aromatic carbocycles. The lowest BCUT2D eigenvalue weighted by Gasteiger charge is -2.24. The highest BCUT2D eigenvalue weighted by atomic mass is 79.9. The first-order valence-corrected chi connectivity index (χ1v) is 13.0. The van der Waals surface area contributed by atoms with Gasteiger partial charge in [-0.2, -0.15) is 5.09 Å². The number of carbonyl (C=O) groups excluding carboxylic acids is 1. The van der Waals surface area contributed by atoms with Crippen LogP contribution < -0.4 is 20.9 Å². The van der Waals surface area contributed by atoms with Gasteiger partial charge in [-0.15, -0.1) is 0 Å². The second-order valence-electron chi connectivity index (χ2n) is 7.83. The average molecular weight is 587 g/mol. The fourth-order valence-electron chi connectivity index (χ4n) is 3.39. The first-order chi connectivity index (χ1) is 17.0. The van der Waals surface area contributed by atoms with Gasteiger partial charge in [0.2, 0.25) is 0 Å². The van der Waals surface area contributed by atoms with Crippen molar-refractivity contribution in [2.24, 2.45) is 5.11 Å². The summed E-state index contributed by atoms with van der Waals surface area (Å²) in [6, 6.07) is 4.56. The summed E-state index contributed by atoms with van der Waals surface area (Å²) in [6.07, 6.45) is -0.385. The zero-order valence-electron chi connectivity index (χ0n) is 19.5. The molecule has 5 atom stereocenters. The lowest BCUT2D eigenvalue weighted by Crippen LogP contribution is -2.36. The van der Waals surface area contributed by atoms with Crippen LogP contribution in [0.5, 0.6) is 5.75 Å². The number of rotatable bonds is 10. The molecule has 0 amide bonds. The van der Waals surface area contributed by atoms with Crippen molar-refractivity contribution < 1.29 is 27.9 Å². The molecule has 1 saturated heterocycles. The third-order valence-corrected chi connectivity index (χ3v) is 7.39. The van der Waals surface area contributed by atoms with E-state index in [2.05, 4.69) is 40.8 Å². The maximum atomic E-state index is 13.6. The Morgan fingerprint density at radius 2 is 2.11 bits per heavy atom. The summed E-state index contributed by atoms with van der Waals surface area (Å²) in [5.74, 6) is -0.506. The lowest BCUT2D eigenvalue weighted by molar-refractivity contribution is -0.142. The second-order valence-corrected chi connectivity index (χ2v) is 10.4. The van der Waals surface area contributed by atoms with Gasteiger partial charge in [-0.3, -0.25) is 23.7 Å². The summed E-state index contributed by atoms with van der Waals surface area (Å²) in [4.78, 5) is 40.9. The molecular formula is C20H24BrN6O8P. The van der Waals surface area contributed by atoms with Gasteiger partial charge in [0, 0.05) is 27.6 Å². The largest absolute Gasteiger partial charge is 0.468 e. The summed E-state index contributed by atoms with van der Waals surface area (Å²) in [6.45, 7) is 2.56. The van der Waals surface area contributed by atoms with Gasteiger partial charge in [-0.1, -0.05) is 21.0 Å². The molecule has 14 nitrogen and oxygen atoms in total. The molecule has 2 N–H and O–H groups in total. The van der Waals surface area contributed by atoms with Crippen molar-refractivity contribution in [1.29, 1.82) is 0 Å². The average Bonchev–Trinajstić information content (AvgIpc) is 3.23. The minimum atomic E-state index is -4.19. The molecule has 1 aliphatic heterocycles. The van der Waals surface area contributed by atoms with E-state index in [9.17, 15) is 18.9 Å². The minimum Gasteiger partial charge on any atom is -0.468 e. The summed E-state index contributed by atoms with van der Waals surface area (Å²) < 4.78 is 37.2. The van der Waals surface area contributed by atoms with Crippen LogP contribution >= 0.6 is 23.7 Å². The fourth-order valence-corrected chi connectivity index (χ4v) is 5.15. The normalized spacial score (nSPS) is 21.7. The molecular weight excluding hydrogens is 563 g/mol. The Morgan fingerprint density at radius 3 is 2.75 bits per heavy atom. The van der Waals surface area contributed by atoms with Crippen LogP contribution in [0, 0.1) is 6.92 Å². The lowest BCUT2D eigenvalue weighted by atomic mass is 10.1. The van der Waals surface area contributed by atoms with E-state index in [0.29, 0.717) is 0 Å². The first-order valence-electron chi connectivity index (χ1n) is 10.6. The number of benzene rings is 1. The number of carbonyl (C=O) groups is 1. The quantitative estimate of drug-likeness (QED) is 0.139. The number of esters is 1. The smallest absolute Gasteiger partial charge is 0.459 e. The van der Waals surface area contributed by atoms with Crippen molar-refractivity contribution in [3.05, 3.63) is 71.8 Å². The van der Waals surface area contributed by atoms with Crippen molar-refractivity contribution >= 4 is 29.6 Å². The van der Waals surface area contributed by atoms with E-state index in [4.69, 9.17) is 19.3 Å². The second kappa shape index (κ2) is 11.9. The molecule has 0 spiro atoms. The van der Waals surface area contributed by atoms with Crippen LogP contribution in [0.15, 0.2) is 49.6 Å². The van der Waals surface area contributed by atoms with Crippen LogP contribution in [0.2, 0.25) is 0 Å². The molecule has 1 fully saturated rings. The Morgan fingerprint density at radius 1 is 1.42 bits per heavy atom. The SMILES string of the molecule is COC(=O)C(C)NP(=O)(OC[C@H]1O[C@@H](n2cc(C)c(=O)[nH]c2=O)CC1N=[N+]=[N-])Oc1ccc(Br)cc1. The van der Waals surface area contributed by atoms with E-state index in [1.165, 1.54) is 31.7 Å². The molecule has 3 unspecified atom stereocenters. The predicted octanol–water partition coefficient (Wildman–Crippen LogP) is 2.93. The minimum absolute atomic E-state index is 0.0906. The van der Waals surface area contributed by atoms with Crippen LogP contribution in [-0.4, -0.2) is 47.4 Å². The summed E-state index contributed by atoms with van der Waals surface area (Å²) in [7, 11) is -3.01. The number of hydrogen-bond acceptors (Lipinski definition) is 9. The number of nitrogens with zero attached hydrogens (tertiary/aromatic N) is 4. The van der Waals surface area contributed by atoms with Crippen molar-refractivity contribution in [2.75, 3.05) is 13.7 Å². The molecule has 1 aliphatic rings. The Hall–Kier alpha value is -2.93. The summed E-state index contributed by atoms with van der Waals surface area (Å²) >= 11 is 3.30. The van der Waals surface area contributed by atoms with Crippen LogP contribution in [0.25, 0.3) is 10.4 Å². The third kappa shape index (κ3) is 6.84. The first kappa shape index (κ1) is 27.7. The number of aromatic nitrogens is 2. The van der Waals surface area contributed by atoms with Gasteiger partial charge in [0.25, 0.3) is 5.56 Å². The van der Waals surface area contributed by atoms with Gasteiger partial charge < -0.3 is 14.0 Å². The van der Waals surface area contributed by atoms with E-state index in [-0.39, 0.29) is 24.3 Å². The predicted molar refractivity (Wildman–Crippen MR) is 130 cm³/mol. The monoisotopic (exact) mass is 586 g/mol. The molecule has 194 valence electrons. The highest BCUT2D eigenvalue weighted by molar-refractivity contribution is 9.10. The number of H-pyrrole nitrogens is 1. The maximum absolute atomic E-state index is 13.6. The van der Waals surface area contributed by atoms with Gasteiger partial charge >= 0.3 is 19.4 Å². The molecule has 1 aromatic heterocycles. The van der Waals surface area contributed by atoms with Gasteiger partial charge in [0.1, 0.15) is 18.0 Å². The Labute approximate surface area is 213 Å². The number of hydrogen-bond donors (Lipinski definition) is 2. The number of methoxy groups -OCH3 is 1. The zero-order valence-corrected chi connectivity index (χ0v) is 22.0. The van der Waals surface area contributed by atoms with E-state index >= 15 is 0 Å². The van der Waals surface area contributed by atoms with Crippen LogP contribution in [0.4, 0.5) is 0 Å². The molecule has 0 saturated carbocycles. The van der Waals surface area contributed by atoms with Crippen molar-refractivity contribution in [1.82, 2.24) is 14.6 Å². The Kier molecular flexibility index (Phi) is 9.12. The molecule has 0 aliphatic carbocycles. The Bertz CT molecular complexity index is 1310. The van der Waals surface area contributed by atoms with Crippen LogP contribution in [-0.2, 0) is 23.4 Å². The topological polar surface area (TPSA) is 187 Å². The Balaban J connectivity index is 1.82. The van der Waals surface area contributed by atoms with E-state index in [0.717, 1.165) is 4.47 Å². The number of nitrogens with one attached hydrogen (secondary N) is 2. The molecule has 3 rings (SSSR count). The van der Waals surface area contributed by atoms with Crippen LogP contribution in [0.3, 0.4) is 0 Å². The molecule has 36 heavy (non-hydrogen) atoms. The van der Waals surface area contributed by atoms with Gasteiger partial charge in [-0.25, -0.2) is 9.36 Å². The van der Waals surface area contributed by atoms with Gasteiger partial charge in [-0.05, 0) is 43.6 Å². The van der Waals surface area contributed by atoms with E-state index in [1.54, 1.807) is 24.3 Å². The number of azide groups is 1. The van der Waals surface area contributed by atoms with E-state index < -0.39 is 49.4 Å². The zero-order chi connectivity index (χ0) is 26.5. The molecule has 0 radical (unpaired) electrons. The number of ether oxygens (including phenoxy) is 2. The van der Waals surface area contributed by atoms with Crippen LogP contribution in [0.1, 0.15) is 25.1 Å².